The average Bonchev–Trinajstić information content (AvgIpc) is 2.86. The number of aromatic nitrogens is 1. The molecular formula is C15H19BrN2O2. The van der Waals surface area contributed by atoms with Gasteiger partial charge in [0.1, 0.15) is 5.75 Å². The fraction of sp³-hybridized carbons (Fsp3) is 0.400. The van der Waals surface area contributed by atoms with Crippen molar-refractivity contribution in [2.75, 3.05) is 13.7 Å². The summed E-state index contributed by atoms with van der Waals surface area (Å²) in [7, 11) is 1.65. The number of nitrogens with zero attached hydrogens (tertiary/aromatic N) is 1. The standard InChI is InChI=1S/C15H19BrN2O2/c1-10(2)7-17-9-15-18-8-14(20-15)12-5-4-11(16)6-13(12)19-3/h4-6,8,10,17H,7,9H2,1-3H3. The molecule has 4 nitrogen and oxygen atoms in total. The molecule has 0 amide bonds. The van der Waals surface area contributed by atoms with Gasteiger partial charge in [0.25, 0.3) is 0 Å². The van der Waals surface area contributed by atoms with Crippen molar-refractivity contribution < 1.29 is 9.15 Å². The van der Waals surface area contributed by atoms with Gasteiger partial charge in [-0.05, 0) is 30.7 Å². The third kappa shape index (κ3) is 3.84. The molecule has 1 N–H and O–H groups in total. The first kappa shape index (κ1) is 15.1. The van der Waals surface area contributed by atoms with Gasteiger partial charge < -0.3 is 14.5 Å². The fourth-order valence-corrected chi connectivity index (χ4v) is 2.19. The zero-order valence-electron chi connectivity index (χ0n) is 11.9. The van der Waals surface area contributed by atoms with Crippen LogP contribution in [0.5, 0.6) is 5.75 Å². The zero-order chi connectivity index (χ0) is 14.5. The third-order valence-electron chi connectivity index (χ3n) is 2.81. The molecule has 1 aromatic carbocycles. The van der Waals surface area contributed by atoms with E-state index >= 15 is 0 Å². The molecule has 0 bridgehead atoms. The van der Waals surface area contributed by atoms with E-state index in [2.05, 4.69) is 40.1 Å². The lowest BCUT2D eigenvalue weighted by atomic mass is 10.1. The highest BCUT2D eigenvalue weighted by atomic mass is 79.9. The second kappa shape index (κ2) is 6.90. The topological polar surface area (TPSA) is 47.3 Å². The highest BCUT2D eigenvalue weighted by Crippen LogP contribution is 2.32. The fourth-order valence-electron chi connectivity index (χ4n) is 1.85. The predicted octanol–water partition coefficient (Wildman–Crippen LogP) is 3.86. The van der Waals surface area contributed by atoms with Gasteiger partial charge in [-0.25, -0.2) is 4.98 Å². The van der Waals surface area contributed by atoms with Crippen molar-refractivity contribution in [2.24, 2.45) is 5.92 Å². The van der Waals surface area contributed by atoms with E-state index in [-0.39, 0.29) is 0 Å². The molecule has 0 saturated heterocycles. The van der Waals surface area contributed by atoms with Crippen molar-refractivity contribution in [1.82, 2.24) is 10.3 Å². The second-order valence-corrected chi connectivity index (χ2v) is 5.90. The molecule has 0 saturated carbocycles. The molecule has 1 aromatic heterocycles. The molecule has 20 heavy (non-hydrogen) atoms. The summed E-state index contributed by atoms with van der Waals surface area (Å²) >= 11 is 3.43. The van der Waals surface area contributed by atoms with Crippen LogP contribution in [-0.4, -0.2) is 18.6 Å². The van der Waals surface area contributed by atoms with E-state index in [0.717, 1.165) is 28.1 Å². The molecule has 2 rings (SSSR count). The smallest absolute Gasteiger partial charge is 0.208 e. The number of ether oxygens (including phenoxy) is 1. The first-order chi connectivity index (χ1) is 9.60. The first-order valence-corrected chi connectivity index (χ1v) is 7.38. The summed E-state index contributed by atoms with van der Waals surface area (Å²) in [6.07, 6.45) is 1.73. The van der Waals surface area contributed by atoms with Crippen molar-refractivity contribution in [3.8, 4) is 17.1 Å². The van der Waals surface area contributed by atoms with Gasteiger partial charge in [-0.15, -0.1) is 0 Å². The first-order valence-electron chi connectivity index (χ1n) is 6.59. The maximum absolute atomic E-state index is 5.76. The Labute approximate surface area is 127 Å². The lowest BCUT2D eigenvalue weighted by molar-refractivity contribution is 0.412. The Bertz CT molecular complexity index is 567. The van der Waals surface area contributed by atoms with Gasteiger partial charge in [0.15, 0.2) is 5.76 Å². The number of benzene rings is 1. The molecule has 0 aliphatic rings. The molecule has 0 aliphatic carbocycles. The Morgan fingerprint density at radius 3 is 2.90 bits per heavy atom. The minimum absolute atomic E-state index is 0.607. The molecule has 0 spiro atoms. The second-order valence-electron chi connectivity index (χ2n) is 4.99. The minimum atomic E-state index is 0.607. The van der Waals surface area contributed by atoms with Crippen LogP contribution in [0.15, 0.2) is 33.3 Å². The maximum atomic E-state index is 5.76. The highest BCUT2D eigenvalue weighted by Gasteiger charge is 2.11. The van der Waals surface area contributed by atoms with Crippen LogP contribution < -0.4 is 10.1 Å². The zero-order valence-corrected chi connectivity index (χ0v) is 13.5. The molecule has 0 atom stereocenters. The summed E-state index contributed by atoms with van der Waals surface area (Å²) in [5.74, 6) is 2.77. The quantitative estimate of drug-likeness (QED) is 0.868. The van der Waals surface area contributed by atoms with E-state index in [1.54, 1.807) is 13.3 Å². The molecule has 108 valence electrons. The Morgan fingerprint density at radius 1 is 1.40 bits per heavy atom. The van der Waals surface area contributed by atoms with E-state index in [9.17, 15) is 0 Å². The average molecular weight is 339 g/mol. The molecule has 0 unspecified atom stereocenters. The Balaban J connectivity index is 2.12. The van der Waals surface area contributed by atoms with Crippen LogP contribution in [0, 0.1) is 5.92 Å². The predicted molar refractivity (Wildman–Crippen MR) is 82.7 cm³/mol. The molecule has 0 aliphatic heterocycles. The molecule has 0 radical (unpaired) electrons. The Hall–Kier alpha value is -1.33. The van der Waals surface area contributed by atoms with Crippen molar-refractivity contribution >= 4 is 15.9 Å². The summed E-state index contributed by atoms with van der Waals surface area (Å²) in [4.78, 5) is 4.29. The summed E-state index contributed by atoms with van der Waals surface area (Å²) in [6.45, 7) is 5.91. The Morgan fingerprint density at radius 2 is 2.20 bits per heavy atom. The van der Waals surface area contributed by atoms with E-state index in [1.807, 2.05) is 18.2 Å². The maximum Gasteiger partial charge on any atom is 0.208 e. The van der Waals surface area contributed by atoms with Crippen LogP contribution in [0.1, 0.15) is 19.7 Å². The molecular weight excluding hydrogens is 320 g/mol. The Kier molecular flexibility index (Phi) is 5.20. The van der Waals surface area contributed by atoms with Gasteiger partial charge in [0, 0.05) is 4.47 Å². The van der Waals surface area contributed by atoms with Crippen LogP contribution >= 0.6 is 15.9 Å². The van der Waals surface area contributed by atoms with E-state index in [0.29, 0.717) is 18.4 Å². The normalized spacial score (nSPS) is 11.1. The SMILES string of the molecule is COc1cc(Br)ccc1-c1cnc(CNCC(C)C)o1. The summed E-state index contributed by atoms with van der Waals surface area (Å²) < 4.78 is 12.1. The van der Waals surface area contributed by atoms with Crippen molar-refractivity contribution in [3.63, 3.8) is 0 Å². The number of oxazole rings is 1. The third-order valence-corrected chi connectivity index (χ3v) is 3.30. The summed E-state index contributed by atoms with van der Waals surface area (Å²) in [5.41, 5.74) is 0.901. The van der Waals surface area contributed by atoms with Crippen LogP contribution in [0.3, 0.4) is 0 Å². The van der Waals surface area contributed by atoms with Crippen LogP contribution in [0.4, 0.5) is 0 Å². The molecule has 2 aromatic rings. The van der Waals surface area contributed by atoms with Crippen molar-refractivity contribution in [2.45, 2.75) is 20.4 Å². The van der Waals surface area contributed by atoms with Gasteiger partial charge in [-0.1, -0.05) is 29.8 Å². The van der Waals surface area contributed by atoms with Gasteiger partial charge in [-0.2, -0.15) is 0 Å². The number of hydrogen-bond acceptors (Lipinski definition) is 4. The largest absolute Gasteiger partial charge is 0.496 e. The van der Waals surface area contributed by atoms with Crippen molar-refractivity contribution in [1.29, 1.82) is 0 Å². The number of hydrogen-bond donors (Lipinski definition) is 1. The molecule has 0 fully saturated rings. The highest BCUT2D eigenvalue weighted by molar-refractivity contribution is 9.10. The van der Waals surface area contributed by atoms with Gasteiger partial charge in [0.2, 0.25) is 5.89 Å². The number of halogens is 1. The van der Waals surface area contributed by atoms with E-state index in [1.165, 1.54) is 0 Å². The number of methoxy groups -OCH3 is 1. The minimum Gasteiger partial charge on any atom is -0.496 e. The van der Waals surface area contributed by atoms with Gasteiger partial charge >= 0.3 is 0 Å². The van der Waals surface area contributed by atoms with Crippen LogP contribution in [0.25, 0.3) is 11.3 Å². The van der Waals surface area contributed by atoms with E-state index in [4.69, 9.17) is 9.15 Å². The monoisotopic (exact) mass is 338 g/mol. The van der Waals surface area contributed by atoms with Gasteiger partial charge in [-0.3, -0.25) is 0 Å². The number of nitrogens with one attached hydrogen (secondary N) is 1. The van der Waals surface area contributed by atoms with E-state index < -0.39 is 0 Å². The molecule has 1 heterocycles. The summed E-state index contributed by atoms with van der Waals surface area (Å²) in [5, 5.41) is 3.31. The lowest BCUT2D eigenvalue weighted by Gasteiger charge is -2.06. The number of rotatable bonds is 6. The van der Waals surface area contributed by atoms with Crippen molar-refractivity contribution in [3.05, 3.63) is 34.8 Å². The molecule has 5 heteroatoms. The summed E-state index contributed by atoms with van der Waals surface area (Å²) in [6, 6.07) is 5.82. The van der Waals surface area contributed by atoms with Crippen LogP contribution in [-0.2, 0) is 6.54 Å². The van der Waals surface area contributed by atoms with Crippen LogP contribution in [0.2, 0.25) is 0 Å². The lowest BCUT2D eigenvalue weighted by Crippen LogP contribution is -2.18. The van der Waals surface area contributed by atoms with Gasteiger partial charge in [0.05, 0.1) is 25.4 Å².